The van der Waals surface area contributed by atoms with Crippen molar-refractivity contribution in [1.29, 1.82) is 0 Å². The second-order valence-electron chi connectivity index (χ2n) is 6.33. The third-order valence-corrected chi connectivity index (χ3v) is 5.29. The molecule has 0 spiro atoms. The second-order valence-corrected chi connectivity index (χ2v) is 7.44. The van der Waals surface area contributed by atoms with Crippen molar-refractivity contribution in [2.45, 2.75) is 66.8 Å². The Labute approximate surface area is 144 Å². The number of hydrogen-bond donors (Lipinski definition) is 1. The molecule has 2 aliphatic rings. The van der Waals surface area contributed by atoms with Crippen LogP contribution in [0.1, 0.15) is 42.9 Å². The van der Waals surface area contributed by atoms with Gasteiger partial charge in [-0.3, -0.25) is 0 Å². The van der Waals surface area contributed by atoms with Crippen LogP contribution in [0.4, 0.5) is 26.3 Å². The van der Waals surface area contributed by atoms with Crippen molar-refractivity contribution in [2.75, 3.05) is 0 Å². The first-order valence-corrected chi connectivity index (χ1v) is 8.66. The summed E-state index contributed by atoms with van der Waals surface area (Å²) in [6.45, 7) is 0. The molecule has 2 nitrogen and oxygen atoms in total. The van der Waals surface area contributed by atoms with Gasteiger partial charge in [-0.1, -0.05) is 0 Å². The first-order valence-electron chi connectivity index (χ1n) is 7.85. The van der Waals surface area contributed by atoms with E-state index in [1.54, 1.807) is 0 Å². The van der Waals surface area contributed by atoms with Gasteiger partial charge >= 0.3 is 5.51 Å². The van der Waals surface area contributed by atoms with Crippen molar-refractivity contribution >= 4 is 11.8 Å². The molecular weight excluding hydrogens is 370 g/mol. The largest absolute Gasteiger partial charge is 0.490 e. The summed E-state index contributed by atoms with van der Waals surface area (Å²) in [4.78, 5) is -0.452. The maximum atomic E-state index is 13.9. The van der Waals surface area contributed by atoms with E-state index in [-0.39, 0.29) is 17.4 Å². The fraction of sp³-hybridized carbons (Fsp3) is 0.625. The summed E-state index contributed by atoms with van der Waals surface area (Å²) in [5.74, 6) is -3.51. The molecule has 3 rings (SSSR count). The molecule has 140 valence electrons. The van der Waals surface area contributed by atoms with Crippen molar-refractivity contribution in [2.24, 2.45) is 0 Å². The third kappa shape index (κ3) is 4.02. The first-order chi connectivity index (χ1) is 11.6. The Balaban J connectivity index is 1.91. The highest BCUT2D eigenvalue weighted by molar-refractivity contribution is 8.00. The summed E-state index contributed by atoms with van der Waals surface area (Å²) >= 11 is -0.533. The van der Waals surface area contributed by atoms with Gasteiger partial charge in [-0.05, 0) is 49.6 Å². The molecule has 0 unspecified atom stereocenters. The highest BCUT2D eigenvalue weighted by atomic mass is 32.2. The zero-order valence-corrected chi connectivity index (χ0v) is 13.8. The average Bonchev–Trinajstić information content (AvgIpc) is 2.74. The number of halogens is 6. The lowest BCUT2D eigenvalue weighted by molar-refractivity contribution is -0.0977. The number of rotatable bonds is 3. The number of aliphatic hydroxyl groups is 1. The Hall–Kier alpha value is -1.09. The van der Waals surface area contributed by atoms with Crippen molar-refractivity contribution in [1.82, 2.24) is 0 Å². The van der Waals surface area contributed by atoms with Crippen molar-refractivity contribution in [3.63, 3.8) is 0 Å². The molecule has 0 aliphatic heterocycles. The smallest absolute Gasteiger partial charge is 0.446 e. The zero-order valence-electron chi connectivity index (χ0n) is 13.0. The predicted octanol–water partition coefficient (Wildman–Crippen LogP) is 5.18. The van der Waals surface area contributed by atoms with Crippen LogP contribution >= 0.6 is 11.8 Å². The molecule has 1 N–H and O–H groups in total. The molecule has 0 radical (unpaired) electrons. The molecule has 0 amide bonds. The minimum atomic E-state index is -4.66. The van der Waals surface area contributed by atoms with Gasteiger partial charge in [0.25, 0.3) is 5.92 Å². The van der Waals surface area contributed by atoms with Crippen molar-refractivity contribution < 1.29 is 36.2 Å². The van der Waals surface area contributed by atoms with E-state index in [1.807, 2.05) is 0 Å². The molecule has 1 saturated carbocycles. The second kappa shape index (κ2) is 6.57. The summed E-state index contributed by atoms with van der Waals surface area (Å²) in [7, 11) is 0. The van der Waals surface area contributed by atoms with E-state index >= 15 is 0 Å². The SMILES string of the molecule is O[C@H]1c2c(SC(F)(F)F)ccc(OC3CCC(F)CC3)c2CC1(F)F. The van der Waals surface area contributed by atoms with E-state index in [1.165, 1.54) is 6.07 Å². The van der Waals surface area contributed by atoms with Crippen LogP contribution in [0.5, 0.6) is 5.75 Å². The highest BCUT2D eigenvalue weighted by Crippen LogP contribution is 2.52. The van der Waals surface area contributed by atoms with Gasteiger partial charge in [-0.25, -0.2) is 13.2 Å². The number of aliphatic hydroxyl groups excluding tert-OH is 1. The van der Waals surface area contributed by atoms with Gasteiger partial charge in [0.1, 0.15) is 18.0 Å². The molecule has 0 heterocycles. The standard InChI is InChI=1S/C16H16F6O2S/c17-8-1-3-9(4-2-8)24-11-5-6-12(25-16(20,21)22)13-10(11)7-15(18,19)14(13)23/h5-6,8-9,14,23H,1-4,7H2/t8?,9?,14-/m0/s1. The first kappa shape index (κ1) is 18.7. The van der Waals surface area contributed by atoms with E-state index in [0.29, 0.717) is 25.7 Å². The summed E-state index contributed by atoms with van der Waals surface area (Å²) in [5, 5.41) is 9.82. The predicted molar refractivity (Wildman–Crippen MR) is 79.7 cm³/mol. The normalized spacial score (nSPS) is 28.7. The molecular formula is C16H16F6O2S. The van der Waals surface area contributed by atoms with E-state index < -0.39 is 52.3 Å². The Bertz CT molecular complexity index is 640. The van der Waals surface area contributed by atoms with Crippen LogP contribution in [0.15, 0.2) is 17.0 Å². The summed E-state index contributed by atoms with van der Waals surface area (Å²) in [6.07, 6.45) is -3.06. The number of ether oxygens (including phenoxy) is 1. The lowest BCUT2D eigenvalue weighted by Crippen LogP contribution is -2.25. The molecule has 1 fully saturated rings. The van der Waals surface area contributed by atoms with Crippen LogP contribution in [0.2, 0.25) is 0 Å². The molecule has 1 aromatic rings. The molecule has 1 aromatic carbocycles. The highest BCUT2D eigenvalue weighted by Gasteiger charge is 2.50. The number of benzene rings is 1. The van der Waals surface area contributed by atoms with Crippen LogP contribution in [0.3, 0.4) is 0 Å². The van der Waals surface area contributed by atoms with Gasteiger partial charge in [0.05, 0.1) is 6.10 Å². The topological polar surface area (TPSA) is 29.5 Å². The molecule has 25 heavy (non-hydrogen) atoms. The van der Waals surface area contributed by atoms with Gasteiger partial charge in [0, 0.05) is 22.4 Å². The van der Waals surface area contributed by atoms with E-state index in [2.05, 4.69) is 0 Å². The van der Waals surface area contributed by atoms with Crippen molar-refractivity contribution in [3.05, 3.63) is 23.3 Å². The third-order valence-electron chi connectivity index (χ3n) is 4.48. The van der Waals surface area contributed by atoms with Crippen LogP contribution in [-0.4, -0.2) is 28.8 Å². The Morgan fingerprint density at radius 1 is 1.12 bits per heavy atom. The van der Waals surface area contributed by atoms with Gasteiger partial charge in [0.2, 0.25) is 0 Å². The monoisotopic (exact) mass is 386 g/mol. The number of alkyl halides is 6. The minimum absolute atomic E-state index is 0.0417. The fourth-order valence-corrected chi connectivity index (χ4v) is 4.02. The summed E-state index contributed by atoms with van der Waals surface area (Å²) < 4.78 is 84.7. The molecule has 9 heteroatoms. The van der Waals surface area contributed by atoms with Gasteiger partial charge in [0.15, 0.2) is 0 Å². The lowest BCUT2D eigenvalue weighted by atomic mass is 9.96. The molecule has 0 saturated heterocycles. The Morgan fingerprint density at radius 2 is 1.76 bits per heavy atom. The summed E-state index contributed by atoms with van der Waals surface area (Å²) in [5.41, 5.74) is -5.19. The average molecular weight is 386 g/mol. The number of fused-ring (bicyclic) bond motifs is 1. The van der Waals surface area contributed by atoms with E-state index in [4.69, 9.17) is 4.74 Å². The van der Waals surface area contributed by atoms with Crippen LogP contribution in [0, 0.1) is 0 Å². The molecule has 1 atom stereocenters. The van der Waals surface area contributed by atoms with E-state index in [0.717, 1.165) is 6.07 Å². The maximum Gasteiger partial charge on any atom is 0.446 e. The van der Waals surface area contributed by atoms with Crippen molar-refractivity contribution in [3.8, 4) is 5.75 Å². The summed E-state index contributed by atoms with van der Waals surface area (Å²) in [6, 6.07) is 2.26. The van der Waals surface area contributed by atoms with E-state index in [9.17, 15) is 31.4 Å². The van der Waals surface area contributed by atoms with Crippen LogP contribution in [-0.2, 0) is 6.42 Å². The lowest BCUT2D eigenvalue weighted by Gasteiger charge is -2.26. The fourth-order valence-electron chi connectivity index (χ4n) is 3.29. The van der Waals surface area contributed by atoms with Crippen LogP contribution in [0.25, 0.3) is 0 Å². The van der Waals surface area contributed by atoms with Crippen LogP contribution < -0.4 is 4.74 Å². The molecule has 0 aromatic heterocycles. The zero-order chi connectivity index (χ0) is 18.4. The number of hydrogen-bond acceptors (Lipinski definition) is 3. The molecule has 0 bridgehead atoms. The Morgan fingerprint density at radius 3 is 2.36 bits per heavy atom. The van der Waals surface area contributed by atoms with Gasteiger partial charge in [-0.2, -0.15) is 13.2 Å². The quantitative estimate of drug-likeness (QED) is 0.573. The number of thioether (sulfide) groups is 1. The molecule has 2 aliphatic carbocycles. The Kier molecular flexibility index (Phi) is 4.91. The maximum absolute atomic E-state index is 13.9. The minimum Gasteiger partial charge on any atom is -0.490 e. The van der Waals surface area contributed by atoms with Gasteiger partial charge in [-0.15, -0.1) is 0 Å². The van der Waals surface area contributed by atoms with Gasteiger partial charge < -0.3 is 9.84 Å².